The minimum atomic E-state index is 0.465. The van der Waals surface area contributed by atoms with E-state index in [1.54, 1.807) is 17.4 Å². The topological polar surface area (TPSA) is 37.8 Å². The van der Waals surface area contributed by atoms with Gasteiger partial charge in [-0.05, 0) is 28.6 Å². The molecule has 84 valence electrons. The van der Waals surface area contributed by atoms with Gasteiger partial charge in [-0.2, -0.15) is 11.3 Å². The van der Waals surface area contributed by atoms with Crippen molar-refractivity contribution in [2.45, 2.75) is 11.7 Å². The van der Waals surface area contributed by atoms with Gasteiger partial charge in [-0.25, -0.2) is 9.97 Å². The molecule has 2 rings (SSSR count). The minimum Gasteiger partial charge on any atom is -0.366 e. The summed E-state index contributed by atoms with van der Waals surface area (Å²) in [7, 11) is 0. The van der Waals surface area contributed by atoms with Crippen LogP contribution in [0.25, 0.3) is 0 Å². The van der Waals surface area contributed by atoms with Crippen molar-refractivity contribution in [3.05, 3.63) is 33.6 Å². The van der Waals surface area contributed by atoms with E-state index < -0.39 is 0 Å². The first kappa shape index (κ1) is 11.7. The monoisotopic (exact) mass is 271 g/mol. The van der Waals surface area contributed by atoms with E-state index in [4.69, 9.17) is 11.6 Å². The van der Waals surface area contributed by atoms with Gasteiger partial charge in [-0.15, -0.1) is 0 Å². The average Bonchev–Trinajstić information content (AvgIpc) is 2.78. The molecule has 2 aromatic rings. The average molecular weight is 272 g/mol. The number of thioether (sulfide) groups is 1. The Morgan fingerprint density at radius 2 is 2.38 bits per heavy atom. The van der Waals surface area contributed by atoms with Crippen LogP contribution in [0.1, 0.15) is 5.56 Å². The highest BCUT2D eigenvalue weighted by Crippen LogP contribution is 2.18. The molecular weight excluding hydrogens is 262 g/mol. The number of halogens is 1. The Morgan fingerprint density at radius 1 is 1.50 bits per heavy atom. The van der Waals surface area contributed by atoms with Gasteiger partial charge in [0, 0.05) is 12.6 Å². The van der Waals surface area contributed by atoms with Gasteiger partial charge in [0.1, 0.15) is 11.0 Å². The van der Waals surface area contributed by atoms with E-state index in [0.29, 0.717) is 10.3 Å². The molecule has 0 amide bonds. The minimum absolute atomic E-state index is 0.465. The van der Waals surface area contributed by atoms with E-state index in [-0.39, 0.29) is 0 Å². The fourth-order valence-corrected chi connectivity index (χ4v) is 2.45. The molecule has 0 spiro atoms. The Labute approximate surface area is 107 Å². The molecule has 3 nitrogen and oxygen atoms in total. The zero-order valence-electron chi connectivity index (χ0n) is 8.61. The van der Waals surface area contributed by atoms with E-state index in [2.05, 4.69) is 32.1 Å². The Kier molecular flexibility index (Phi) is 4.04. The van der Waals surface area contributed by atoms with E-state index in [9.17, 15) is 0 Å². The molecule has 0 bridgehead atoms. The van der Waals surface area contributed by atoms with Crippen LogP contribution in [0.15, 0.2) is 28.0 Å². The number of hydrogen-bond acceptors (Lipinski definition) is 5. The van der Waals surface area contributed by atoms with Crippen molar-refractivity contribution in [3.63, 3.8) is 0 Å². The summed E-state index contributed by atoms with van der Waals surface area (Å²) < 4.78 is 0. The fraction of sp³-hybridized carbons (Fsp3) is 0.200. The molecule has 2 heterocycles. The van der Waals surface area contributed by atoms with E-state index in [1.165, 1.54) is 17.3 Å². The lowest BCUT2D eigenvalue weighted by molar-refractivity contribution is 0.957. The molecule has 2 aromatic heterocycles. The van der Waals surface area contributed by atoms with Crippen molar-refractivity contribution < 1.29 is 0 Å². The zero-order chi connectivity index (χ0) is 11.4. The normalized spacial score (nSPS) is 10.4. The first-order valence-corrected chi connectivity index (χ1v) is 7.16. The lowest BCUT2D eigenvalue weighted by Gasteiger charge is -2.05. The van der Waals surface area contributed by atoms with Gasteiger partial charge in [-0.1, -0.05) is 23.4 Å². The summed E-state index contributed by atoms with van der Waals surface area (Å²) in [6, 6.07) is 3.81. The van der Waals surface area contributed by atoms with Crippen LogP contribution in [0.5, 0.6) is 0 Å². The van der Waals surface area contributed by atoms with Crippen molar-refractivity contribution >= 4 is 40.5 Å². The van der Waals surface area contributed by atoms with Crippen LogP contribution in [-0.4, -0.2) is 16.2 Å². The Hall–Kier alpha value is -0.780. The third kappa shape index (κ3) is 3.10. The van der Waals surface area contributed by atoms with Crippen LogP contribution in [-0.2, 0) is 6.54 Å². The van der Waals surface area contributed by atoms with Crippen LogP contribution in [0, 0.1) is 0 Å². The Balaban J connectivity index is 2.06. The number of nitrogens with zero attached hydrogens (tertiary/aromatic N) is 2. The maximum absolute atomic E-state index is 5.89. The smallest absolute Gasteiger partial charge is 0.190 e. The number of nitrogens with one attached hydrogen (secondary N) is 1. The molecule has 0 saturated carbocycles. The molecule has 0 unspecified atom stereocenters. The summed E-state index contributed by atoms with van der Waals surface area (Å²) >= 11 is 9.05. The van der Waals surface area contributed by atoms with Gasteiger partial charge in [0.25, 0.3) is 0 Å². The molecule has 0 atom stereocenters. The van der Waals surface area contributed by atoms with E-state index in [1.807, 2.05) is 6.26 Å². The fourth-order valence-electron chi connectivity index (χ4n) is 1.16. The summed E-state index contributed by atoms with van der Waals surface area (Å²) in [6.45, 7) is 0.755. The predicted octanol–water partition coefficient (Wildman–Crippen LogP) is 3.53. The molecule has 0 radical (unpaired) electrons. The molecule has 16 heavy (non-hydrogen) atoms. The van der Waals surface area contributed by atoms with E-state index in [0.717, 1.165) is 12.4 Å². The van der Waals surface area contributed by atoms with Crippen molar-refractivity contribution in [3.8, 4) is 0 Å². The predicted molar refractivity (Wildman–Crippen MR) is 70.5 cm³/mol. The largest absolute Gasteiger partial charge is 0.366 e. The summed E-state index contributed by atoms with van der Waals surface area (Å²) in [5, 5.41) is 8.52. The second-order valence-electron chi connectivity index (χ2n) is 3.05. The second kappa shape index (κ2) is 5.52. The Morgan fingerprint density at radius 3 is 3.06 bits per heavy atom. The van der Waals surface area contributed by atoms with Crippen LogP contribution in [0.3, 0.4) is 0 Å². The number of anilines is 1. The summed E-state index contributed by atoms with van der Waals surface area (Å²) in [6.07, 6.45) is 1.92. The van der Waals surface area contributed by atoms with Crippen LogP contribution in [0.4, 0.5) is 5.82 Å². The van der Waals surface area contributed by atoms with Crippen molar-refractivity contribution in [2.24, 2.45) is 0 Å². The first-order chi connectivity index (χ1) is 7.78. The molecule has 0 aliphatic rings. The molecule has 1 N–H and O–H groups in total. The van der Waals surface area contributed by atoms with E-state index >= 15 is 0 Å². The lowest BCUT2D eigenvalue weighted by atomic mass is 10.3. The van der Waals surface area contributed by atoms with Crippen LogP contribution in [0.2, 0.25) is 5.15 Å². The molecule has 0 aliphatic carbocycles. The molecule has 0 fully saturated rings. The second-order valence-corrected chi connectivity index (χ2v) is 4.99. The maximum Gasteiger partial charge on any atom is 0.190 e. The summed E-state index contributed by atoms with van der Waals surface area (Å²) in [4.78, 5) is 8.39. The van der Waals surface area contributed by atoms with Gasteiger partial charge in [0.15, 0.2) is 5.16 Å². The number of rotatable bonds is 4. The van der Waals surface area contributed by atoms with Gasteiger partial charge in [-0.3, -0.25) is 0 Å². The van der Waals surface area contributed by atoms with Crippen molar-refractivity contribution in [1.29, 1.82) is 0 Å². The quantitative estimate of drug-likeness (QED) is 0.524. The molecule has 0 aliphatic heterocycles. The van der Waals surface area contributed by atoms with Crippen molar-refractivity contribution in [1.82, 2.24) is 9.97 Å². The standard InChI is InChI=1S/C10H10ClN3S2/c1-15-10-13-8(11)4-9(14-10)12-5-7-2-3-16-6-7/h2-4,6H,5H2,1H3,(H,12,13,14). The summed E-state index contributed by atoms with van der Waals surface area (Å²) in [5.74, 6) is 0.760. The van der Waals surface area contributed by atoms with Gasteiger partial charge >= 0.3 is 0 Å². The molecule has 0 saturated heterocycles. The highest BCUT2D eigenvalue weighted by atomic mass is 35.5. The molecule has 6 heteroatoms. The lowest BCUT2D eigenvalue weighted by Crippen LogP contribution is -2.01. The van der Waals surface area contributed by atoms with Gasteiger partial charge < -0.3 is 5.32 Å². The summed E-state index contributed by atoms with van der Waals surface area (Å²) in [5.41, 5.74) is 1.24. The number of thiophene rings is 1. The number of aromatic nitrogens is 2. The highest BCUT2D eigenvalue weighted by molar-refractivity contribution is 7.98. The van der Waals surface area contributed by atoms with Gasteiger partial charge in [0.2, 0.25) is 0 Å². The number of hydrogen-bond donors (Lipinski definition) is 1. The van der Waals surface area contributed by atoms with Crippen LogP contribution < -0.4 is 5.32 Å². The SMILES string of the molecule is CSc1nc(Cl)cc(NCc2ccsc2)n1. The van der Waals surface area contributed by atoms with Crippen molar-refractivity contribution in [2.75, 3.05) is 11.6 Å². The van der Waals surface area contributed by atoms with Crippen LogP contribution >= 0.6 is 34.7 Å². The molecule has 0 aromatic carbocycles. The highest BCUT2D eigenvalue weighted by Gasteiger charge is 2.02. The third-order valence-electron chi connectivity index (χ3n) is 1.91. The Bertz CT molecular complexity index is 459. The molecular formula is C10H10ClN3S2. The first-order valence-electron chi connectivity index (χ1n) is 4.61. The maximum atomic E-state index is 5.89. The van der Waals surface area contributed by atoms with Gasteiger partial charge in [0.05, 0.1) is 0 Å². The zero-order valence-corrected chi connectivity index (χ0v) is 11.0. The third-order valence-corrected chi connectivity index (χ3v) is 3.38.